The summed E-state index contributed by atoms with van der Waals surface area (Å²) in [6.07, 6.45) is 1.67. The van der Waals surface area contributed by atoms with Gasteiger partial charge in [0.2, 0.25) is 0 Å². The van der Waals surface area contributed by atoms with Crippen LogP contribution in [0.2, 0.25) is 0 Å². The topological polar surface area (TPSA) is 31.6 Å². The molecular weight excluding hydrogens is 252 g/mol. The van der Waals surface area contributed by atoms with Crippen LogP contribution in [0, 0.1) is 6.92 Å². The van der Waals surface area contributed by atoms with E-state index >= 15 is 0 Å². The Labute approximate surface area is 111 Å². The van der Waals surface area contributed by atoms with E-state index in [9.17, 15) is 0 Å². The van der Waals surface area contributed by atoms with E-state index in [1.807, 2.05) is 31.2 Å². The lowest BCUT2D eigenvalue weighted by atomic mass is 10.1. The Morgan fingerprint density at radius 2 is 1.78 bits per heavy atom. The summed E-state index contributed by atoms with van der Waals surface area (Å²) in [5.74, 6) is 2.20. The first-order chi connectivity index (χ1) is 8.65. The third-order valence-corrected chi connectivity index (χ3v) is 3.25. The number of halogens is 1. The van der Waals surface area contributed by atoms with Gasteiger partial charge in [0.25, 0.3) is 0 Å². The molecule has 18 heavy (non-hydrogen) atoms. The molecule has 1 atom stereocenters. The number of hydrogen-bond donors (Lipinski definition) is 0. The zero-order valence-electron chi connectivity index (χ0n) is 10.6. The van der Waals surface area contributed by atoms with Crippen molar-refractivity contribution in [3.8, 4) is 11.5 Å². The van der Waals surface area contributed by atoms with Crippen LogP contribution in [0.15, 0.2) is 34.9 Å². The summed E-state index contributed by atoms with van der Waals surface area (Å²) in [7, 11) is 3.21. The zero-order chi connectivity index (χ0) is 13.1. The molecule has 1 aromatic heterocycles. The summed E-state index contributed by atoms with van der Waals surface area (Å²) in [4.78, 5) is 0. The molecule has 1 aromatic carbocycles. The monoisotopic (exact) mass is 266 g/mol. The maximum atomic E-state index is 6.41. The summed E-state index contributed by atoms with van der Waals surface area (Å²) in [6.45, 7) is 1.89. The molecule has 0 aliphatic rings. The molecule has 96 valence electrons. The van der Waals surface area contributed by atoms with Gasteiger partial charge in [-0.3, -0.25) is 0 Å². The number of rotatable bonds is 4. The van der Waals surface area contributed by atoms with Crippen molar-refractivity contribution in [3.63, 3.8) is 0 Å². The molecule has 0 aliphatic carbocycles. The molecule has 1 heterocycles. The lowest BCUT2D eigenvalue weighted by Gasteiger charge is -2.12. The van der Waals surface area contributed by atoms with Crippen LogP contribution < -0.4 is 9.47 Å². The van der Waals surface area contributed by atoms with E-state index in [2.05, 4.69) is 0 Å². The molecule has 0 radical (unpaired) electrons. The Balaban J connectivity index is 2.33. The number of hydrogen-bond acceptors (Lipinski definition) is 3. The van der Waals surface area contributed by atoms with Crippen LogP contribution in [-0.4, -0.2) is 14.2 Å². The van der Waals surface area contributed by atoms with Crippen molar-refractivity contribution in [3.05, 3.63) is 47.4 Å². The molecule has 1 unspecified atom stereocenters. The molecule has 0 aliphatic heterocycles. The highest BCUT2D eigenvalue weighted by atomic mass is 35.5. The highest BCUT2D eigenvalue weighted by molar-refractivity contribution is 6.22. The lowest BCUT2D eigenvalue weighted by Crippen LogP contribution is -1.95. The first kappa shape index (κ1) is 12.8. The zero-order valence-corrected chi connectivity index (χ0v) is 11.3. The minimum absolute atomic E-state index is 0.262. The highest BCUT2D eigenvalue weighted by Crippen LogP contribution is 2.35. The van der Waals surface area contributed by atoms with Gasteiger partial charge in [0.15, 0.2) is 11.5 Å². The van der Waals surface area contributed by atoms with E-state index in [0.29, 0.717) is 11.5 Å². The number of ether oxygens (including phenoxy) is 2. The van der Waals surface area contributed by atoms with Crippen molar-refractivity contribution in [2.24, 2.45) is 0 Å². The van der Waals surface area contributed by atoms with Gasteiger partial charge >= 0.3 is 0 Å². The molecule has 4 heteroatoms. The van der Waals surface area contributed by atoms with Crippen molar-refractivity contribution in [1.82, 2.24) is 0 Å². The average Bonchev–Trinajstić information content (AvgIpc) is 2.83. The third-order valence-electron chi connectivity index (χ3n) is 2.74. The Morgan fingerprint density at radius 1 is 1.06 bits per heavy atom. The minimum atomic E-state index is -0.262. The number of furan rings is 1. The van der Waals surface area contributed by atoms with E-state index < -0.39 is 0 Å². The molecule has 0 N–H and O–H groups in total. The average molecular weight is 267 g/mol. The smallest absolute Gasteiger partial charge is 0.161 e. The van der Waals surface area contributed by atoms with Crippen LogP contribution in [0.4, 0.5) is 0 Å². The summed E-state index contributed by atoms with van der Waals surface area (Å²) >= 11 is 6.41. The van der Waals surface area contributed by atoms with E-state index in [4.69, 9.17) is 25.5 Å². The predicted molar refractivity (Wildman–Crippen MR) is 70.7 cm³/mol. The highest BCUT2D eigenvalue weighted by Gasteiger charge is 2.15. The van der Waals surface area contributed by atoms with Crippen LogP contribution in [0.5, 0.6) is 11.5 Å². The first-order valence-corrected chi connectivity index (χ1v) is 6.00. The van der Waals surface area contributed by atoms with Crippen molar-refractivity contribution >= 4 is 11.6 Å². The van der Waals surface area contributed by atoms with Crippen molar-refractivity contribution in [1.29, 1.82) is 0 Å². The number of aryl methyl sites for hydroxylation is 1. The largest absolute Gasteiger partial charge is 0.493 e. The molecule has 0 spiro atoms. The number of methoxy groups -OCH3 is 2. The van der Waals surface area contributed by atoms with Gasteiger partial charge < -0.3 is 13.9 Å². The number of benzene rings is 1. The van der Waals surface area contributed by atoms with Gasteiger partial charge in [-0.05, 0) is 30.7 Å². The first-order valence-electron chi connectivity index (χ1n) is 5.56. The van der Waals surface area contributed by atoms with Gasteiger partial charge in [-0.15, -0.1) is 11.6 Å². The van der Waals surface area contributed by atoms with Crippen molar-refractivity contribution < 1.29 is 13.9 Å². The van der Waals surface area contributed by atoms with Gasteiger partial charge in [0, 0.05) is 5.56 Å². The van der Waals surface area contributed by atoms with Crippen LogP contribution >= 0.6 is 11.6 Å². The van der Waals surface area contributed by atoms with Crippen LogP contribution in [0.25, 0.3) is 0 Å². The lowest BCUT2D eigenvalue weighted by molar-refractivity contribution is 0.354. The van der Waals surface area contributed by atoms with Crippen LogP contribution in [0.1, 0.15) is 22.3 Å². The predicted octanol–water partition coefficient (Wildman–Crippen LogP) is 3.93. The van der Waals surface area contributed by atoms with E-state index in [1.54, 1.807) is 20.5 Å². The molecule has 0 bridgehead atoms. The van der Waals surface area contributed by atoms with Gasteiger partial charge in [-0.25, -0.2) is 0 Å². The van der Waals surface area contributed by atoms with E-state index in [0.717, 1.165) is 16.9 Å². The molecule has 2 rings (SSSR count). The van der Waals surface area contributed by atoms with E-state index in [-0.39, 0.29) is 5.38 Å². The molecule has 0 saturated carbocycles. The molecule has 0 amide bonds. The SMILES string of the molecule is COc1ccc(C(Cl)c2coc(C)c2)cc1OC. The maximum Gasteiger partial charge on any atom is 0.161 e. The Kier molecular flexibility index (Phi) is 3.82. The molecule has 0 saturated heterocycles. The Hall–Kier alpha value is -1.61. The standard InChI is InChI=1S/C14H15ClO3/c1-9-6-11(8-18-9)14(15)10-4-5-12(16-2)13(7-10)17-3/h4-8,14H,1-3H3. The second-order valence-corrected chi connectivity index (χ2v) is 4.40. The molecule has 2 aromatic rings. The summed E-state index contributed by atoms with van der Waals surface area (Å²) in [6, 6.07) is 7.56. The summed E-state index contributed by atoms with van der Waals surface area (Å²) in [5, 5.41) is -0.262. The Bertz CT molecular complexity index is 534. The van der Waals surface area contributed by atoms with Crippen LogP contribution in [0.3, 0.4) is 0 Å². The molecule has 3 nitrogen and oxygen atoms in total. The second kappa shape index (κ2) is 5.36. The fourth-order valence-electron chi connectivity index (χ4n) is 1.80. The summed E-state index contributed by atoms with van der Waals surface area (Å²) in [5.41, 5.74) is 1.87. The fourth-order valence-corrected chi connectivity index (χ4v) is 2.05. The van der Waals surface area contributed by atoms with Crippen LogP contribution in [-0.2, 0) is 0 Å². The molecular formula is C14H15ClO3. The third kappa shape index (κ3) is 2.46. The second-order valence-electron chi connectivity index (χ2n) is 3.97. The van der Waals surface area contributed by atoms with Gasteiger partial charge in [0.05, 0.1) is 25.9 Å². The number of alkyl halides is 1. The molecule has 0 fully saturated rings. The normalized spacial score (nSPS) is 12.2. The van der Waals surface area contributed by atoms with Crippen molar-refractivity contribution in [2.45, 2.75) is 12.3 Å². The quantitative estimate of drug-likeness (QED) is 0.786. The van der Waals surface area contributed by atoms with E-state index in [1.165, 1.54) is 0 Å². The maximum absolute atomic E-state index is 6.41. The fraction of sp³-hybridized carbons (Fsp3) is 0.286. The van der Waals surface area contributed by atoms with Crippen molar-refractivity contribution in [2.75, 3.05) is 14.2 Å². The Morgan fingerprint density at radius 3 is 2.33 bits per heavy atom. The van der Waals surface area contributed by atoms with Gasteiger partial charge in [-0.1, -0.05) is 6.07 Å². The minimum Gasteiger partial charge on any atom is -0.493 e. The van der Waals surface area contributed by atoms with Gasteiger partial charge in [0.1, 0.15) is 5.76 Å². The van der Waals surface area contributed by atoms with Gasteiger partial charge in [-0.2, -0.15) is 0 Å². The summed E-state index contributed by atoms with van der Waals surface area (Å²) < 4.78 is 15.7.